The van der Waals surface area contributed by atoms with Gasteiger partial charge in [-0.2, -0.15) is 0 Å². The fourth-order valence-corrected chi connectivity index (χ4v) is 3.20. The number of rotatable bonds is 7. The summed E-state index contributed by atoms with van der Waals surface area (Å²) < 4.78 is 13.3. The highest BCUT2D eigenvalue weighted by molar-refractivity contribution is 14.0. The van der Waals surface area contributed by atoms with E-state index in [1.54, 1.807) is 25.1 Å². The predicted molar refractivity (Wildman–Crippen MR) is 135 cm³/mol. The number of H-pyrrole nitrogens is 1. The fraction of sp³-hybridized carbons (Fsp3) is 0.304. The van der Waals surface area contributed by atoms with Gasteiger partial charge in [0.05, 0.1) is 6.54 Å². The molecule has 0 fully saturated rings. The van der Waals surface area contributed by atoms with Crippen LogP contribution < -0.4 is 10.6 Å². The minimum atomic E-state index is -0.241. The molecule has 166 valence electrons. The average Bonchev–Trinajstić information content (AvgIpc) is 3.13. The van der Waals surface area contributed by atoms with Gasteiger partial charge in [0.2, 0.25) is 0 Å². The van der Waals surface area contributed by atoms with Gasteiger partial charge in [-0.05, 0) is 54.8 Å². The maximum absolute atomic E-state index is 13.3. The number of carbonyl (C=O) groups is 1. The van der Waals surface area contributed by atoms with E-state index in [4.69, 9.17) is 0 Å². The van der Waals surface area contributed by atoms with E-state index < -0.39 is 0 Å². The Balaban J connectivity index is 0.00000341. The van der Waals surface area contributed by atoms with Crippen LogP contribution in [-0.2, 0) is 13.0 Å². The lowest BCUT2D eigenvalue weighted by Gasteiger charge is -2.12. The molecule has 31 heavy (non-hydrogen) atoms. The Kier molecular flexibility index (Phi) is 9.29. The van der Waals surface area contributed by atoms with Gasteiger partial charge in [0, 0.05) is 49.8 Å². The third-order valence-corrected chi connectivity index (χ3v) is 4.79. The van der Waals surface area contributed by atoms with Crippen molar-refractivity contribution in [3.05, 3.63) is 71.2 Å². The van der Waals surface area contributed by atoms with Crippen LogP contribution in [-0.4, -0.2) is 48.9 Å². The maximum atomic E-state index is 13.3. The number of aromatic nitrogens is 1. The zero-order valence-electron chi connectivity index (χ0n) is 18.0. The summed E-state index contributed by atoms with van der Waals surface area (Å²) in [6.45, 7) is 3.99. The Morgan fingerprint density at radius 3 is 2.55 bits per heavy atom. The van der Waals surface area contributed by atoms with Crippen molar-refractivity contribution in [2.45, 2.75) is 19.9 Å². The normalized spacial score (nSPS) is 11.2. The molecule has 1 amide bonds. The first-order valence-corrected chi connectivity index (χ1v) is 10.1. The second kappa shape index (κ2) is 11.7. The van der Waals surface area contributed by atoms with Crippen molar-refractivity contribution < 1.29 is 9.18 Å². The van der Waals surface area contributed by atoms with E-state index in [2.05, 4.69) is 20.6 Å². The molecule has 3 N–H and O–H groups in total. The average molecular weight is 537 g/mol. The summed E-state index contributed by atoms with van der Waals surface area (Å²) in [5, 5.41) is 7.62. The van der Waals surface area contributed by atoms with Gasteiger partial charge >= 0.3 is 0 Å². The van der Waals surface area contributed by atoms with E-state index >= 15 is 0 Å². The van der Waals surface area contributed by atoms with Crippen LogP contribution in [0.2, 0.25) is 0 Å². The molecular weight excluding hydrogens is 508 g/mol. The molecule has 8 heteroatoms. The monoisotopic (exact) mass is 537 g/mol. The third kappa shape index (κ3) is 6.68. The number of amides is 1. The lowest BCUT2D eigenvalue weighted by molar-refractivity contribution is 0.0827. The van der Waals surface area contributed by atoms with E-state index in [0.29, 0.717) is 18.7 Å². The minimum absolute atomic E-state index is 0. The van der Waals surface area contributed by atoms with E-state index in [0.717, 1.165) is 41.0 Å². The molecule has 1 aromatic heterocycles. The molecule has 0 spiro atoms. The zero-order valence-corrected chi connectivity index (χ0v) is 20.4. The van der Waals surface area contributed by atoms with Crippen molar-refractivity contribution in [3.8, 4) is 0 Å². The van der Waals surface area contributed by atoms with Crippen molar-refractivity contribution in [2.75, 3.05) is 27.2 Å². The van der Waals surface area contributed by atoms with Gasteiger partial charge in [-0.15, -0.1) is 24.0 Å². The van der Waals surface area contributed by atoms with Crippen molar-refractivity contribution in [3.63, 3.8) is 0 Å². The van der Waals surface area contributed by atoms with Gasteiger partial charge in [0.15, 0.2) is 5.96 Å². The minimum Gasteiger partial charge on any atom is -0.361 e. The lowest BCUT2D eigenvalue weighted by Crippen LogP contribution is -2.38. The van der Waals surface area contributed by atoms with Gasteiger partial charge in [-0.1, -0.05) is 12.1 Å². The Labute approximate surface area is 199 Å². The molecule has 0 aliphatic carbocycles. The molecular formula is C23H29FIN5O. The van der Waals surface area contributed by atoms with Gasteiger partial charge in [0.25, 0.3) is 5.91 Å². The van der Waals surface area contributed by atoms with Crippen LogP contribution in [0.5, 0.6) is 0 Å². The van der Waals surface area contributed by atoms with E-state index in [1.807, 2.05) is 37.4 Å². The number of halogens is 2. The highest BCUT2D eigenvalue weighted by atomic mass is 127. The second-order valence-corrected chi connectivity index (χ2v) is 7.27. The Morgan fingerprint density at radius 1 is 1.13 bits per heavy atom. The maximum Gasteiger partial charge on any atom is 0.253 e. The van der Waals surface area contributed by atoms with E-state index in [1.165, 1.54) is 12.1 Å². The number of fused-ring (bicyclic) bond motifs is 1. The highest BCUT2D eigenvalue weighted by Crippen LogP contribution is 2.19. The molecule has 3 aromatic rings. The smallest absolute Gasteiger partial charge is 0.253 e. The number of nitrogens with zero attached hydrogens (tertiary/aromatic N) is 2. The van der Waals surface area contributed by atoms with Crippen molar-refractivity contribution in [2.24, 2.45) is 4.99 Å². The van der Waals surface area contributed by atoms with Gasteiger partial charge < -0.3 is 20.5 Å². The Bertz CT molecular complexity index is 1030. The molecule has 1 heterocycles. The topological polar surface area (TPSA) is 72.5 Å². The molecule has 6 nitrogen and oxygen atoms in total. The summed E-state index contributed by atoms with van der Waals surface area (Å²) in [6, 6.07) is 12.3. The molecule has 0 aliphatic rings. The summed E-state index contributed by atoms with van der Waals surface area (Å²) in [4.78, 5) is 21.3. The molecule has 0 bridgehead atoms. The number of benzene rings is 2. The predicted octanol–water partition coefficient (Wildman–Crippen LogP) is 3.92. The molecule has 0 saturated carbocycles. The number of hydrogen-bond donors (Lipinski definition) is 3. The first kappa shape index (κ1) is 24.6. The first-order chi connectivity index (χ1) is 14.5. The van der Waals surface area contributed by atoms with Crippen molar-refractivity contribution in [1.82, 2.24) is 20.5 Å². The van der Waals surface area contributed by atoms with Crippen molar-refractivity contribution >= 4 is 46.7 Å². The van der Waals surface area contributed by atoms with E-state index in [9.17, 15) is 9.18 Å². The molecule has 0 atom stereocenters. The SMILES string of the molecule is CCNC(=NCc1ccc(C(=O)N(C)C)cc1)NCCc1c[nH]c2cc(F)ccc12.I. The summed E-state index contributed by atoms with van der Waals surface area (Å²) in [5.41, 5.74) is 3.63. The highest BCUT2D eigenvalue weighted by Gasteiger charge is 2.08. The standard InChI is InChI=1S/C23H28FN5O.HI/c1-4-25-23(28-14-16-5-7-17(8-6-16)22(30)29(2)3)26-12-11-18-15-27-21-13-19(24)9-10-20(18)21;/h5-10,13,15,27H,4,11-12,14H2,1-3H3,(H2,25,26,28);1H. The van der Waals surface area contributed by atoms with Crippen LogP contribution in [0.25, 0.3) is 10.9 Å². The summed E-state index contributed by atoms with van der Waals surface area (Å²) in [6.07, 6.45) is 2.71. The first-order valence-electron chi connectivity index (χ1n) is 10.1. The van der Waals surface area contributed by atoms with Crippen LogP contribution in [0.3, 0.4) is 0 Å². The molecule has 3 rings (SSSR count). The Hall–Kier alpha value is -2.62. The van der Waals surface area contributed by atoms with Crippen LogP contribution in [0, 0.1) is 5.82 Å². The Morgan fingerprint density at radius 2 is 1.87 bits per heavy atom. The van der Waals surface area contributed by atoms with Crippen molar-refractivity contribution in [1.29, 1.82) is 0 Å². The molecule has 2 aromatic carbocycles. The molecule has 0 radical (unpaired) electrons. The largest absolute Gasteiger partial charge is 0.361 e. The van der Waals surface area contributed by atoms with Crippen LogP contribution in [0.1, 0.15) is 28.4 Å². The van der Waals surface area contributed by atoms with Gasteiger partial charge in [0.1, 0.15) is 5.82 Å². The number of aromatic amines is 1. The number of carbonyl (C=O) groups excluding carboxylic acids is 1. The number of aliphatic imine (C=N–C) groups is 1. The molecule has 0 saturated heterocycles. The number of guanidine groups is 1. The number of nitrogens with one attached hydrogen (secondary N) is 3. The molecule has 0 aliphatic heterocycles. The third-order valence-electron chi connectivity index (χ3n) is 4.79. The van der Waals surface area contributed by atoms with Gasteiger partial charge in [-0.25, -0.2) is 9.38 Å². The fourth-order valence-electron chi connectivity index (χ4n) is 3.20. The van der Waals surface area contributed by atoms with E-state index in [-0.39, 0.29) is 35.7 Å². The van der Waals surface area contributed by atoms with Crippen LogP contribution in [0.15, 0.2) is 53.7 Å². The quantitative estimate of drug-likeness (QED) is 0.243. The summed E-state index contributed by atoms with van der Waals surface area (Å²) >= 11 is 0. The van der Waals surface area contributed by atoms with Crippen LogP contribution >= 0.6 is 24.0 Å². The number of hydrogen-bond acceptors (Lipinski definition) is 2. The zero-order chi connectivity index (χ0) is 21.5. The second-order valence-electron chi connectivity index (χ2n) is 7.27. The lowest BCUT2D eigenvalue weighted by atomic mass is 10.1. The molecule has 0 unspecified atom stereocenters. The van der Waals surface area contributed by atoms with Gasteiger partial charge in [-0.3, -0.25) is 4.79 Å². The summed E-state index contributed by atoms with van der Waals surface area (Å²) in [7, 11) is 3.48. The van der Waals surface area contributed by atoms with Crippen LogP contribution in [0.4, 0.5) is 4.39 Å². The summed E-state index contributed by atoms with van der Waals surface area (Å²) in [5.74, 6) is 0.478.